The van der Waals surface area contributed by atoms with Crippen molar-refractivity contribution >= 4 is 0 Å². The normalized spacial score (nSPS) is 51.9. The minimum atomic E-state index is -2.44. The Balaban J connectivity index is 1.48. The van der Waals surface area contributed by atoms with Gasteiger partial charge in [-0.15, -0.1) is 0 Å². The van der Waals surface area contributed by atoms with E-state index in [1.165, 1.54) is 0 Å². The number of ether oxygens (including phenoxy) is 7. The van der Waals surface area contributed by atoms with Gasteiger partial charge in [0.25, 0.3) is 0 Å². The average molecular weight is 651 g/mol. The fraction of sp³-hybridized carbons (Fsp3) is 1.00. The monoisotopic (exact) mass is 650 g/mol. The quantitative estimate of drug-likeness (QED) is 0.0987. The largest absolute Gasteiger partial charge is 0.394 e. The molecule has 258 valence electrons. The molecule has 0 aromatic rings. The molecule has 0 bridgehead atoms. The molecule has 4 aliphatic heterocycles. The molecule has 0 aliphatic carbocycles. The van der Waals surface area contributed by atoms with Crippen LogP contribution in [0.5, 0.6) is 0 Å². The van der Waals surface area contributed by atoms with E-state index in [9.17, 15) is 66.4 Å². The Kier molecular flexibility index (Phi) is 12.3. The second kappa shape index (κ2) is 15.0. The average Bonchev–Trinajstić information content (AvgIpc) is 3.25. The van der Waals surface area contributed by atoms with Crippen LogP contribution in [-0.4, -0.2) is 210 Å². The summed E-state index contributed by atoms with van der Waals surface area (Å²) in [6.45, 7) is -4.00. The first-order valence-corrected chi connectivity index (χ1v) is 14.0. The van der Waals surface area contributed by atoms with Crippen LogP contribution in [0.15, 0.2) is 0 Å². The Hall–Kier alpha value is -0.800. The molecule has 4 fully saturated rings. The minimum absolute atomic E-state index is 0.392. The predicted octanol–water partition coefficient (Wildman–Crippen LogP) is -8.72. The first-order chi connectivity index (χ1) is 20.8. The molecule has 1 unspecified atom stereocenters. The number of aliphatic hydroxyl groups is 13. The lowest BCUT2D eigenvalue weighted by molar-refractivity contribution is -0.406. The fourth-order valence-electron chi connectivity index (χ4n) is 5.45. The lowest BCUT2D eigenvalue weighted by Crippen LogP contribution is -2.65. The van der Waals surface area contributed by atoms with Crippen LogP contribution in [0.4, 0.5) is 0 Å². The lowest BCUT2D eigenvalue weighted by Gasteiger charge is -2.47. The summed E-state index contributed by atoms with van der Waals surface area (Å²) in [6.07, 6.45) is -28.3. The number of hydrogen-bond acceptors (Lipinski definition) is 20. The van der Waals surface area contributed by atoms with Crippen LogP contribution < -0.4 is 0 Å². The van der Waals surface area contributed by atoms with Crippen LogP contribution >= 0.6 is 0 Å². The molecule has 44 heavy (non-hydrogen) atoms. The third-order valence-corrected chi connectivity index (χ3v) is 8.15. The van der Waals surface area contributed by atoms with Crippen LogP contribution in [0.25, 0.3) is 0 Å². The Morgan fingerprint density at radius 1 is 0.568 bits per heavy atom. The molecule has 20 heteroatoms. The zero-order valence-electron chi connectivity index (χ0n) is 23.2. The first kappa shape index (κ1) is 36.0. The summed E-state index contributed by atoms with van der Waals surface area (Å²) in [6, 6.07) is 0. The predicted molar refractivity (Wildman–Crippen MR) is 133 cm³/mol. The van der Waals surface area contributed by atoms with Crippen LogP contribution in [0.1, 0.15) is 6.42 Å². The van der Waals surface area contributed by atoms with Gasteiger partial charge in [0.15, 0.2) is 18.9 Å². The van der Waals surface area contributed by atoms with Gasteiger partial charge in [-0.1, -0.05) is 0 Å². The fourth-order valence-corrected chi connectivity index (χ4v) is 5.45. The maximum atomic E-state index is 10.9. The standard InChI is InChI=1S/C24H42O20/c25-2-9-13(31)16(34)18(36)22(39-9)38-5-12-7(29)1-8(30)21(41-12)42-19-17(35)14(32)10(3-26)40-23(19)44-24(6-28)20(37)15(33)11(4-27)43-24/h7-23,25-37H,1-6H2/t7-,8-,9-,10-,11-,12-,13+,14-,15-,16+,17?,18-,19-,20+,21-,22+,23-,24+/m1/s1. The molecular weight excluding hydrogens is 608 g/mol. The molecule has 4 saturated heterocycles. The Morgan fingerprint density at radius 2 is 1.14 bits per heavy atom. The van der Waals surface area contributed by atoms with Crippen molar-refractivity contribution in [3.8, 4) is 0 Å². The smallest absolute Gasteiger partial charge is 0.224 e. The van der Waals surface area contributed by atoms with Crippen molar-refractivity contribution in [2.24, 2.45) is 0 Å². The SMILES string of the molecule is OC[C@H]1O[C@H](OC[C@H]2O[C@H](O[C@@H]3C(O)[C@H](O)[C@@H](CO)O[C@@H]3O[C@]3(CO)O[C@H](CO)[C@@H](O)[C@@H]3O)[C@H](O)C[C@H]2O)[C@H](O)[C@@H](O)[C@H]1O. The third kappa shape index (κ3) is 7.05. The van der Waals surface area contributed by atoms with Crippen molar-refractivity contribution in [2.45, 2.75) is 117 Å². The molecule has 13 N–H and O–H groups in total. The van der Waals surface area contributed by atoms with E-state index in [2.05, 4.69) is 0 Å². The summed E-state index contributed by atoms with van der Waals surface area (Å²) in [7, 11) is 0. The van der Waals surface area contributed by atoms with Gasteiger partial charge >= 0.3 is 0 Å². The minimum Gasteiger partial charge on any atom is -0.394 e. The molecule has 0 aromatic heterocycles. The molecule has 0 saturated carbocycles. The molecule has 20 nitrogen and oxygen atoms in total. The van der Waals surface area contributed by atoms with E-state index in [4.69, 9.17) is 33.2 Å². The molecule has 0 radical (unpaired) electrons. The second-order valence-electron chi connectivity index (χ2n) is 11.1. The van der Waals surface area contributed by atoms with Gasteiger partial charge in [0.1, 0.15) is 86.0 Å². The van der Waals surface area contributed by atoms with Gasteiger partial charge in [0, 0.05) is 6.42 Å². The van der Waals surface area contributed by atoms with Crippen molar-refractivity contribution in [1.29, 1.82) is 0 Å². The van der Waals surface area contributed by atoms with Crippen molar-refractivity contribution in [2.75, 3.05) is 33.0 Å². The summed E-state index contributed by atoms with van der Waals surface area (Å²) < 4.78 is 38.5. The van der Waals surface area contributed by atoms with E-state index in [-0.39, 0.29) is 0 Å². The van der Waals surface area contributed by atoms with Gasteiger partial charge in [-0.2, -0.15) is 0 Å². The van der Waals surface area contributed by atoms with E-state index in [0.717, 1.165) is 0 Å². The Morgan fingerprint density at radius 3 is 1.70 bits per heavy atom. The second-order valence-corrected chi connectivity index (χ2v) is 11.1. The third-order valence-electron chi connectivity index (χ3n) is 8.15. The Bertz CT molecular complexity index is 900. The van der Waals surface area contributed by atoms with Crippen molar-refractivity contribution < 1.29 is 99.5 Å². The van der Waals surface area contributed by atoms with Crippen LogP contribution in [-0.2, 0) is 33.2 Å². The lowest BCUT2D eigenvalue weighted by atomic mass is 9.98. The van der Waals surface area contributed by atoms with Gasteiger partial charge in [0.05, 0.1) is 32.5 Å². The van der Waals surface area contributed by atoms with E-state index in [0.29, 0.717) is 0 Å². The highest BCUT2D eigenvalue weighted by atomic mass is 16.8. The highest BCUT2D eigenvalue weighted by Crippen LogP contribution is 2.37. The van der Waals surface area contributed by atoms with Gasteiger partial charge in [-0.3, -0.25) is 0 Å². The van der Waals surface area contributed by atoms with Gasteiger partial charge in [0.2, 0.25) is 5.79 Å². The highest BCUT2D eigenvalue weighted by Gasteiger charge is 2.59. The maximum absolute atomic E-state index is 10.9. The summed E-state index contributed by atoms with van der Waals surface area (Å²) in [5.74, 6) is -2.44. The molecule has 0 amide bonds. The van der Waals surface area contributed by atoms with Crippen molar-refractivity contribution in [1.82, 2.24) is 0 Å². The summed E-state index contributed by atoms with van der Waals surface area (Å²) >= 11 is 0. The van der Waals surface area contributed by atoms with Gasteiger partial charge in [-0.25, -0.2) is 0 Å². The summed E-state index contributed by atoms with van der Waals surface area (Å²) in [5, 5.41) is 132. The highest BCUT2D eigenvalue weighted by molar-refractivity contribution is 4.99. The van der Waals surface area contributed by atoms with E-state index < -0.39 is 150 Å². The van der Waals surface area contributed by atoms with Crippen LogP contribution in [0.3, 0.4) is 0 Å². The summed E-state index contributed by atoms with van der Waals surface area (Å²) in [5.41, 5.74) is 0. The molecule has 4 heterocycles. The molecule has 18 atom stereocenters. The van der Waals surface area contributed by atoms with Crippen molar-refractivity contribution in [3.63, 3.8) is 0 Å². The summed E-state index contributed by atoms with van der Waals surface area (Å²) in [4.78, 5) is 0. The zero-order valence-corrected chi connectivity index (χ0v) is 23.2. The number of aliphatic hydroxyl groups excluding tert-OH is 13. The van der Waals surface area contributed by atoms with E-state index in [1.54, 1.807) is 0 Å². The zero-order chi connectivity index (χ0) is 32.5. The molecule has 0 spiro atoms. The van der Waals surface area contributed by atoms with Crippen LogP contribution in [0, 0.1) is 0 Å². The topological polar surface area (TPSA) is 328 Å². The molecule has 4 aliphatic rings. The number of rotatable bonds is 11. The first-order valence-electron chi connectivity index (χ1n) is 14.0. The van der Waals surface area contributed by atoms with Crippen molar-refractivity contribution in [3.05, 3.63) is 0 Å². The van der Waals surface area contributed by atoms with E-state index >= 15 is 0 Å². The molecular formula is C24H42O20. The maximum Gasteiger partial charge on any atom is 0.224 e. The Labute approximate surface area is 249 Å². The number of hydrogen-bond donors (Lipinski definition) is 13. The van der Waals surface area contributed by atoms with Gasteiger partial charge < -0.3 is 99.5 Å². The van der Waals surface area contributed by atoms with Gasteiger partial charge in [-0.05, 0) is 0 Å². The molecule has 0 aromatic carbocycles. The van der Waals surface area contributed by atoms with E-state index in [1.807, 2.05) is 0 Å². The van der Waals surface area contributed by atoms with Crippen LogP contribution in [0.2, 0.25) is 0 Å². The molecule has 4 rings (SSSR count).